The summed E-state index contributed by atoms with van der Waals surface area (Å²) in [6.07, 6.45) is -4.87. The van der Waals surface area contributed by atoms with Crippen molar-refractivity contribution in [1.29, 1.82) is 0 Å². The number of cyclic esters (lactones) is 4. The van der Waals surface area contributed by atoms with Crippen LogP contribution in [-0.2, 0) is 66.5 Å². The van der Waals surface area contributed by atoms with E-state index in [-0.39, 0.29) is 49.6 Å². The highest BCUT2D eigenvalue weighted by molar-refractivity contribution is 6.00. The van der Waals surface area contributed by atoms with Gasteiger partial charge in [0.15, 0.2) is 48.5 Å². The van der Waals surface area contributed by atoms with Gasteiger partial charge in [-0.2, -0.15) is 0 Å². The Kier molecular flexibility index (Phi) is 24.6. The van der Waals surface area contributed by atoms with Gasteiger partial charge in [-0.1, -0.05) is 25.7 Å². The van der Waals surface area contributed by atoms with Gasteiger partial charge in [0, 0.05) is 51.2 Å². The minimum Gasteiger partial charge on any atom is -0.477 e. The van der Waals surface area contributed by atoms with E-state index in [1.165, 1.54) is 32.1 Å². The third-order valence-electron chi connectivity index (χ3n) is 12.7. The molecule has 0 bridgehead atoms. The van der Waals surface area contributed by atoms with Crippen LogP contribution in [0.5, 0.6) is 0 Å². The number of alkyl carbamates (subject to hydrolysis) is 2. The second kappa shape index (κ2) is 31.7. The lowest BCUT2D eigenvalue weighted by molar-refractivity contribution is -0.148. The summed E-state index contributed by atoms with van der Waals surface area (Å²) < 4.78 is 53.1. The van der Waals surface area contributed by atoms with Gasteiger partial charge in [0.05, 0.1) is 38.4 Å². The highest BCUT2D eigenvalue weighted by Crippen LogP contribution is 2.31. The van der Waals surface area contributed by atoms with Crippen molar-refractivity contribution in [3.05, 3.63) is 58.6 Å². The molecule has 0 saturated carbocycles. The lowest BCUT2D eigenvalue weighted by Crippen LogP contribution is -2.61. The van der Waals surface area contributed by atoms with Crippen LogP contribution in [0, 0.1) is 6.92 Å². The fourth-order valence-corrected chi connectivity index (χ4v) is 9.07. The Labute approximate surface area is 476 Å². The van der Waals surface area contributed by atoms with Crippen LogP contribution < -0.4 is 54.8 Å². The number of hydrogen-bond donors (Lipinski definition) is 10. The number of amides is 6. The fourth-order valence-electron chi connectivity index (χ4n) is 9.07. The second-order valence-corrected chi connectivity index (χ2v) is 19.2. The van der Waals surface area contributed by atoms with Crippen molar-refractivity contribution in [2.45, 2.75) is 133 Å². The standard InChI is InChI=1S/C51H72N12O20/c1-25-18-28(42(66)56-14-10-6-8-12-16-58-48(70)82-38(34-23-76-50(72)80-34)40-36(60-26(2)64)30(62-46(52)53)21-32(78-40)44(68)74-4)20-29(19-25)43(67)57-15-11-7-9-13-17-59-49(71)83-39(35-24-77-51(73)81-35)41-37(61-27(3)65)31(63-47(54)55)22-33(79-41)45(69)75-5/h18-22,30-31,34-41H,6-17,23-24H2,1-5H3,(H,56,66)(H,57,67)(H,58,70)(H,59,71)(H,60,64)(H,61,65)(H4,52,53,62)(H4,54,55,63)/t30-,31-,34+,35+,36+,37+,38+,39+,40+,41+/m0/s1. The first-order chi connectivity index (χ1) is 39.6. The minimum absolute atomic E-state index is 0.157. The first kappa shape index (κ1) is 64.6. The van der Waals surface area contributed by atoms with Crippen molar-refractivity contribution in [2.75, 3.05) is 53.6 Å². The Hall–Kier alpha value is -9.26. The number of unbranched alkanes of at least 4 members (excludes halogenated alkanes) is 6. The number of benzene rings is 1. The Morgan fingerprint density at radius 3 is 1.23 bits per heavy atom. The molecule has 456 valence electrons. The van der Waals surface area contributed by atoms with Crippen molar-refractivity contribution in [3.8, 4) is 0 Å². The SMILES string of the molecule is COC(=O)C1=C[C@H](N=C(N)N)[C@@H](NC(C)=O)[C@H]([C@H](OC(=O)NCCCCCCNC(=O)c2cc(C)cc(C(=O)NCCCCCCNC(=O)O[C@@H]([C@@H]3OC(C(=O)OC)=C[C@H](N=C(N)N)[C@H]3NC(C)=O)[C@H]3COC(=O)O3)c2)[C@H]2COC(=O)O2)O1. The zero-order valence-corrected chi connectivity index (χ0v) is 46.4. The van der Waals surface area contributed by atoms with Crippen molar-refractivity contribution in [1.82, 2.24) is 31.9 Å². The molecule has 0 unspecified atom stereocenters. The molecule has 10 atom stereocenters. The number of ether oxygens (including phenoxy) is 10. The number of nitrogens with two attached hydrogens (primary N) is 4. The summed E-state index contributed by atoms with van der Waals surface area (Å²) in [5, 5.41) is 16.3. The van der Waals surface area contributed by atoms with Crippen molar-refractivity contribution in [2.24, 2.45) is 32.9 Å². The number of carbonyl (C=O) groups is 10. The van der Waals surface area contributed by atoms with Crippen LogP contribution in [-0.4, -0.2) is 186 Å². The van der Waals surface area contributed by atoms with Crippen LogP contribution in [0.25, 0.3) is 0 Å². The Balaban J connectivity index is 1.01. The zero-order chi connectivity index (χ0) is 60.8. The number of nitrogens with zero attached hydrogens (tertiary/aromatic N) is 2. The molecule has 1 aromatic rings. The van der Waals surface area contributed by atoms with Gasteiger partial charge in [0.2, 0.25) is 23.3 Å². The predicted octanol–water partition coefficient (Wildman–Crippen LogP) is -0.959. The van der Waals surface area contributed by atoms with Crippen LogP contribution >= 0.6 is 0 Å². The third-order valence-corrected chi connectivity index (χ3v) is 12.7. The van der Waals surface area contributed by atoms with E-state index in [0.717, 1.165) is 14.2 Å². The summed E-state index contributed by atoms with van der Waals surface area (Å²) in [4.78, 5) is 134. The van der Waals surface area contributed by atoms with Gasteiger partial charge in [0.25, 0.3) is 11.8 Å². The van der Waals surface area contributed by atoms with E-state index in [2.05, 4.69) is 41.9 Å². The molecule has 32 heteroatoms. The highest BCUT2D eigenvalue weighted by Gasteiger charge is 2.52. The van der Waals surface area contributed by atoms with E-state index < -0.39 is 121 Å². The molecule has 32 nitrogen and oxygen atoms in total. The second-order valence-electron chi connectivity index (χ2n) is 19.2. The molecule has 4 aliphatic rings. The van der Waals surface area contributed by atoms with Crippen molar-refractivity contribution >= 4 is 72.0 Å². The molecule has 0 radical (unpaired) electrons. The van der Waals surface area contributed by atoms with Gasteiger partial charge in [-0.3, -0.25) is 19.2 Å². The summed E-state index contributed by atoms with van der Waals surface area (Å²) >= 11 is 0. The van der Waals surface area contributed by atoms with E-state index in [1.54, 1.807) is 19.1 Å². The quantitative estimate of drug-likeness (QED) is 0.0159. The molecule has 2 saturated heterocycles. The lowest BCUT2D eigenvalue weighted by Gasteiger charge is -2.39. The maximum atomic E-state index is 13.2. The van der Waals surface area contributed by atoms with Crippen molar-refractivity contribution in [3.63, 3.8) is 0 Å². The smallest absolute Gasteiger partial charge is 0.477 e. The number of methoxy groups -OCH3 is 2. The summed E-state index contributed by atoms with van der Waals surface area (Å²) in [7, 11) is 2.21. The van der Waals surface area contributed by atoms with Crippen LogP contribution in [0.15, 0.2) is 51.9 Å². The van der Waals surface area contributed by atoms with E-state index >= 15 is 0 Å². The number of carbonyl (C=O) groups excluding carboxylic acids is 10. The van der Waals surface area contributed by atoms with Gasteiger partial charge >= 0.3 is 36.4 Å². The first-order valence-electron chi connectivity index (χ1n) is 26.5. The highest BCUT2D eigenvalue weighted by atomic mass is 16.8. The summed E-state index contributed by atoms with van der Waals surface area (Å²) in [6, 6.07) is 0.360. The number of aryl methyl sites for hydroxylation is 1. The molecule has 6 amide bonds. The Morgan fingerprint density at radius 1 is 0.554 bits per heavy atom. The van der Waals surface area contributed by atoms with Gasteiger partial charge in [-0.25, -0.2) is 38.8 Å². The molecule has 1 aromatic carbocycles. The maximum Gasteiger partial charge on any atom is 0.508 e. The number of guanidine groups is 2. The Morgan fingerprint density at radius 2 is 0.916 bits per heavy atom. The molecule has 14 N–H and O–H groups in total. The topological polar surface area (TPSA) is 464 Å². The molecule has 2 fully saturated rings. The maximum absolute atomic E-state index is 13.2. The zero-order valence-electron chi connectivity index (χ0n) is 46.4. The van der Waals surface area contributed by atoms with E-state index in [1.807, 2.05) is 0 Å². The summed E-state index contributed by atoms with van der Waals surface area (Å²) in [6.45, 7) is 4.44. The van der Waals surface area contributed by atoms with Gasteiger partial charge < -0.3 is 102 Å². The number of esters is 2. The molecule has 0 aliphatic carbocycles. The van der Waals surface area contributed by atoms with Gasteiger partial charge in [-0.15, -0.1) is 0 Å². The average molecular weight is 1170 g/mol. The van der Waals surface area contributed by atoms with Crippen LogP contribution in [0.2, 0.25) is 0 Å². The number of aliphatic imine (C=N–C) groups is 2. The number of rotatable bonds is 28. The third kappa shape index (κ3) is 20.0. The molecule has 4 heterocycles. The monoisotopic (exact) mass is 1170 g/mol. The molecule has 5 rings (SSSR count). The van der Waals surface area contributed by atoms with E-state index in [0.29, 0.717) is 81.1 Å². The molecular weight excluding hydrogens is 1100 g/mol. The molecule has 0 aromatic heterocycles. The fraction of sp³-hybridized carbons (Fsp3) is 0.569. The summed E-state index contributed by atoms with van der Waals surface area (Å²) in [5.74, 6) is -5.18. The Bertz CT molecular complexity index is 2490. The largest absolute Gasteiger partial charge is 0.508 e. The minimum atomic E-state index is -1.46. The first-order valence-corrected chi connectivity index (χ1v) is 26.5. The molecule has 0 spiro atoms. The predicted molar refractivity (Wildman–Crippen MR) is 286 cm³/mol. The average Bonchev–Trinajstić information content (AvgIpc) is 3.61. The lowest BCUT2D eigenvalue weighted by atomic mass is 9.92. The van der Waals surface area contributed by atoms with Gasteiger partial charge in [-0.05, 0) is 68.5 Å². The normalized spacial score (nSPS) is 22.1. The number of nitrogens with one attached hydrogen (secondary N) is 6. The van der Waals surface area contributed by atoms with Gasteiger partial charge in [0.1, 0.15) is 13.2 Å². The van der Waals surface area contributed by atoms with Crippen LogP contribution in [0.4, 0.5) is 19.2 Å². The van der Waals surface area contributed by atoms with Crippen LogP contribution in [0.3, 0.4) is 0 Å². The van der Waals surface area contributed by atoms with Crippen LogP contribution in [0.1, 0.15) is 91.5 Å². The van der Waals surface area contributed by atoms with E-state index in [4.69, 9.17) is 70.3 Å². The molecule has 4 aliphatic heterocycles. The van der Waals surface area contributed by atoms with Crippen molar-refractivity contribution < 1.29 is 95.3 Å². The van der Waals surface area contributed by atoms with E-state index in [9.17, 15) is 47.9 Å². The molecule has 83 heavy (non-hydrogen) atoms. The molecular formula is C51H72N12O20. The number of hydrogen-bond acceptors (Lipinski definition) is 22. The summed E-state index contributed by atoms with van der Waals surface area (Å²) in [5.41, 5.74) is 23.8.